The van der Waals surface area contributed by atoms with Gasteiger partial charge >= 0.3 is 5.97 Å². The van der Waals surface area contributed by atoms with Gasteiger partial charge in [0.1, 0.15) is 0 Å². The van der Waals surface area contributed by atoms with Crippen LogP contribution in [0.3, 0.4) is 0 Å². The van der Waals surface area contributed by atoms with Crippen LogP contribution < -0.4 is 5.32 Å². The molecule has 1 unspecified atom stereocenters. The average Bonchev–Trinajstić information content (AvgIpc) is 2.50. The predicted molar refractivity (Wildman–Crippen MR) is 77.1 cm³/mol. The molecular formula is C15H16N2O4. The van der Waals surface area contributed by atoms with Gasteiger partial charge in [0.2, 0.25) is 0 Å². The van der Waals surface area contributed by atoms with E-state index in [2.05, 4.69) is 10.3 Å². The summed E-state index contributed by atoms with van der Waals surface area (Å²) in [6.07, 6.45) is 0.990. The summed E-state index contributed by atoms with van der Waals surface area (Å²) in [5, 5.41) is 12.3. The molecule has 0 bridgehead atoms. The van der Waals surface area contributed by atoms with Gasteiger partial charge in [-0.3, -0.25) is 14.6 Å². The van der Waals surface area contributed by atoms with Gasteiger partial charge in [-0.15, -0.1) is 0 Å². The second kappa shape index (κ2) is 6.81. The molecule has 1 atom stereocenters. The molecule has 2 N–H and O–H groups in total. The summed E-state index contributed by atoms with van der Waals surface area (Å²) in [7, 11) is 1.42. The van der Waals surface area contributed by atoms with Crippen molar-refractivity contribution in [3.8, 4) is 0 Å². The van der Waals surface area contributed by atoms with Crippen LogP contribution in [0.1, 0.15) is 16.8 Å². The van der Waals surface area contributed by atoms with Crippen molar-refractivity contribution in [1.29, 1.82) is 0 Å². The zero-order valence-corrected chi connectivity index (χ0v) is 11.6. The molecule has 0 aliphatic heterocycles. The van der Waals surface area contributed by atoms with Gasteiger partial charge in [-0.25, -0.2) is 0 Å². The third-order valence-electron chi connectivity index (χ3n) is 3.09. The smallest absolute Gasteiger partial charge is 0.306 e. The molecule has 1 aromatic heterocycles. The normalized spacial score (nSPS) is 12.0. The Bertz CT molecular complexity index is 657. The Morgan fingerprint density at radius 3 is 2.90 bits per heavy atom. The first-order valence-electron chi connectivity index (χ1n) is 6.47. The lowest BCUT2D eigenvalue weighted by atomic mass is 10.1. The number of methoxy groups -OCH3 is 1. The van der Waals surface area contributed by atoms with Crippen LogP contribution in [0.2, 0.25) is 0 Å². The highest BCUT2D eigenvalue weighted by Crippen LogP contribution is 2.13. The van der Waals surface area contributed by atoms with E-state index in [1.807, 2.05) is 6.07 Å². The van der Waals surface area contributed by atoms with E-state index in [4.69, 9.17) is 9.84 Å². The Morgan fingerprint density at radius 2 is 2.19 bits per heavy atom. The second-order valence-electron chi connectivity index (χ2n) is 4.58. The molecule has 2 aromatic rings. The minimum absolute atomic E-state index is 0.146. The van der Waals surface area contributed by atoms with Crippen molar-refractivity contribution >= 4 is 22.8 Å². The lowest BCUT2D eigenvalue weighted by Gasteiger charge is -2.14. The summed E-state index contributed by atoms with van der Waals surface area (Å²) in [6.45, 7) is 0.146. The monoisotopic (exact) mass is 288 g/mol. The Hall–Kier alpha value is -2.47. The highest BCUT2D eigenvalue weighted by Gasteiger charge is 2.14. The van der Waals surface area contributed by atoms with Gasteiger partial charge in [-0.1, -0.05) is 6.07 Å². The number of carbonyl (C=O) groups is 2. The van der Waals surface area contributed by atoms with E-state index >= 15 is 0 Å². The summed E-state index contributed by atoms with van der Waals surface area (Å²) in [5.41, 5.74) is 1.32. The number of nitrogens with one attached hydrogen (secondary N) is 1. The van der Waals surface area contributed by atoms with Crippen molar-refractivity contribution in [2.75, 3.05) is 13.7 Å². The first-order chi connectivity index (χ1) is 10.1. The molecule has 0 saturated carbocycles. The van der Waals surface area contributed by atoms with Crippen molar-refractivity contribution in [1.82, 2.24) is 10.3 Å². The SMILES string of the molecule is COC(CNC(=O)c1ccc2ncccc2c1)CC(=O)O. The number of carboxylic acid groups (broad SMARTS) is 1. The maximum Gasteiger partial charge on any atom is 0.306 e. The topological polar surface area (TPSA) is 88.5 Å². The Morgan fingerprint density at radius 1 is 1.38 bits per heavy atom. The Labute approximate surface area is 121 Å². The van der Waals surface area contributed by atoms with Gasteiger partial charge in [0.25, 0.3) is 5.91 Å². The number of rotatable bonds is 6. The Balaban J connectivity index is 2.03. The van der Waals surface area contributed by atoms with Gasteiger partial charge in [0.05, 0.1) is 18.0 Å². The fraction of sp³-hybridized carbons (Fsp3) is 0.267. The number of carbonyl (C=O) groups excluding carboxylic acids is 1. The number of amides is 1. The molecule has 2 rings (SSSR count). The summed E-state index contributed by atoms with van der Waals surface area (Å²) in [4.78, 5) is 26.9. The summed E-state index contributed by atoms with van der Waals surface area (Å²) >= 11 is 0. The van der Waals surface area contributed by atoms with E-state index in [1.54, 1.807) is 30.5 Å². The number of ether oxygens (including phenoxy) is 1. The van der Waals surface area contributed by atoms with Crippen LogP contribution in [0, 0.1) is 0 Å². The van der Waals surface area contributed by atoms with Crippen LogP contribution in [-0.2, 0) is 9.53 Å². The number of aliphatic carboxylic acids is 1. The van der Waals surface area contributed by atoms with Crippen molar-refractivity contribution in [2.45, 2.75) is 12.5 Å². The molecule has 6 nitrogen and oxygen atoms in total. The van der Waals surface area contributed by atoms with Crippen molar-refractivity contribution in [2.24, 2.45) is 0 Å². The van der Waals surface area contributed by atoms with Gasteiger partial charge in [0, 0.05) is 30.8 Å². The molecule has 0 radical (unpaired) electrons. The van der Waals surface area contributed by atoms with Crippen LogP contribution in [0.25, 0.3) is 10.9 Å². The van der Waals surface area contributed by atoms with Crippen LogP contribution in [-0.4, -0.2) is 41.7 Å². The number of carboxylic acids is 1. The molecule has 21 heavy (non-hydrogen) atoms. The molecule has 1 heterocycles. The van der Waals surface area contributed by atoms with Gasteiger partial charge < -0.3 is 15.2 Å². The van der Waals surface area contributed by atoms with E-state index in [1.165, 1.54) is 7.11 Å². The number of pyridine rings is 1. The number of nitrogens with zero attached hydrogens (tertiary/aromatic N) is 1. The quantitative estimate of drug-likeness (QED) is 0.840. The third kappa shape index (κ3) is 4.00. The van der Waals surface area contributed by atoms with Crippen LogP contribution in [0.4, 0.5) is 0 Å². The molecule has 0 fully saturated rings. The summed E-state index contributed by atoms with van der Waals surface area (Å²) in [5.74, 6) is -1.24. The molecule has 1 aromatic carbocycles. The minimum atomic E-state index is -0.965. The minimum Gasteiger partial charge on any atom is -0.481 e. The summed E-state index contributed by atoms with van der Waals surface area (Å²) in [6, 6.07) is 8.88. The van der Waals surface area contributed by atoms with Gasteiger partial charge in [-0.05, 0) is 24.3 Å². The predicted octanol–water partition coefficient (Wildman–Crippen LogP) is 1.45. The Kier molecular flexibility index (Phi) is 4.84. The fourth-order valence-electron chi connectivity index (χ4n) is 1.96. The largest absolute Gasteiger partial charge is 0.481 e. The van der Waals surface area contributed by atoms with Crippen LogP contribution >= 0.6 is 0 Å². The third-order valence-corrected chi connectivity index (χ3v) is 3.09. The lowest BCUT2D eigenvalue weighted by molar-refractivity contribution is -0.139. The van der Waals surface area contributed by atoms with E-state index in [0.29, 0.717) is 5.56 Å². The zero-order chi connectivity index (χ0) is 15.2. The van der Waals surface area contributed by atoms with Crippen LogP contribution in [0.5, 0.6) is 0 Å². The highest BCUT2D eigenvalue weighted by atomic mass is 16.5. The number of hydrogen-bond acceptors (Lipinski definition) is 4. The highest BCUT2D eigenvalue weighted by molar-refractivity contribution is 5.97. The first-order valence-corrected chi connectivity index (χ1v) is 6.47. The van der Waals surface area contributed by atoms with E-state index < -0.39 is 12.1 Å². The van der Waals surface area contributed by atoms with Crippen LogP contribution in [0.15, 0.2) is 36.5 Å². The maximum absolute atomic E-state index is 12.1. The summed E-state index contributed by atoms with van der Waals surface area (Å²) < 4.78 is 5.01. The lowest BCUT2D eigenvalue weighted by Crippen LogP contribution is -2.34. The average molecular weight is 288 g/mol. The molecule has 0 spiro atoms. The van der Waals surface area contributed by atoms with Crippen molar-refractivity contribution in [3.05, 3.63) is 42.1 Å². The van der Waals surface area contributed by atoms with E-state index in [0.717, 1.165) is 10.9 Å². The molecule has 0 aliphatic rings. The molecule has 0 aliphatic carbocycles. The number of aromatic nitrogens is 1. The molecular weight excluding hydrogens is 272 g/mol. The maximum atomic E-state index is 12.1. The zero-order valence-electron chi connectivity index (χ0n) is 11.6. The first kappa shape index (κ1) is 14.9. The van der Waals surface area contributed by atoms with Gasteiger partial charge in [0.15, 0.2) is 0 Å². The van der Waals surface area contributed by atoms with E-state index in [9.17, 15) is 9.59 Å². The molecule has 6 heteroatoms. The molecule has 1 amide bonds. The molecule has 110 valence electrons. The van der Waals surface area contributed by atoms with Gasteiger partial charge in [-0.2, -0.15) is 0 Å². The second-order valence-corrected chi connectivity index (χ2v) is 4.58. The standard InChI is InChI=1S/C15H16N2O4/c1-21-12(8-14(18)19)9-17-15(20)11-4-5-13-10(7-11)3-2-6-16-13/h2-7,12H,8-9H2,1H3,(H,17,20)(H,18,19). The fourth-order valence-corrected chi connectivity index (χ4v) is 1.96. The molecule has 0 saturated heterocycles. The number of benzene rings is 1. The number of hydrogen-bond donors (Lipinski definition) is 2. The van der Waals surface area contributed by atoms with Crippen molar-refractivity contribution < 1.29 is 19.4 Å². The van der Waals surface area contributed by atoms with Crippen molar-refractivity contribution in [3.63, 3.8) is 0 Å². The number of fused-ring (bicyclic) bond motifs is 1. The van der Waals surface area contributed by atoms with E-state index in [-0.39, 0.29) is 18.9 Å².